The van der Waals surface area contributed by atoms with Gasteiger partial charge in [-0.25, -0.2) is 0 Å². The summed E-state index contributed by atoms with van der Waals surface area (Å²) in [4.78, 5) is 43.5. The number of carbonyl (C=O) groups excluding carboxylic acids is 3. The van der Waals surface area contributed by atoms with Crippen molar-refractivity contribution in [2.75, 3.05) is 6.54 Å². The van der Waals surface area contributed by atoms with E-state index in [0.29, 0.717) is 17.5 Å². The van der Waals surface area contributed by atoms with E-state index in [9.17, 15) is 32.7 Å². The van der Waals surface area contributed by atoms with Gasteiger partial charge in [-0.15, -0.1) is 0 Å². The summed E-state index contributed by atoms with van der Waals surface area (Å²) in [6.07, 6.45) is -5.91. The fraction of sp³-hybridized carbons (Fsp3) is 0.324. The molecule has 0 radical (unpaired) electrons. The van der Waals surface area contributed by atoms with E-state index in [2.05, 4.69) is 5.32 Å². The zero-order valence-corrected chi connectivity index (χ0v) is 24.6. The molecule has 1 aliphatic heterocycles. The van der Waals surface area contributed by atoms with Gasteiger partial charge in [-0.05, 0) is 35.4 Å². The first-order valence-electron chi connectivity index (χ1n) is 14.5. The van der Waals surface area contributed by atoms with E-state index >= 15 is 0 Å². The van der Waals surface area contributed by atoms with Crippen LogP contribution in [-0.2, 0) is 27.2 Å². The molecule has 44 heavy (non-hydrogen) atoms. The summed E-state index contributed by atoms with van der Waals surface area (Å²) in [6.45, 7) is 2.97. The highest BCUT2D eigenvalue weighted by Gasteiger charge is 2.45. The van der Waals surface area contributed by atoms with Crippen LogP contribution in [0.2, 0.25) is 0 Å². The van der Waals surface area contributed by atoms with Crippen LogP contribution in [0, 0.1) is 5.92 Å². The number of alkyl halides is 3. The van der Waals surface area contributed by atoms with Crippen LogP contribution >= 0.6 is 0 Å². The second-order valence-electron chi connectivity index (χ2n) is 11.1. The molecule has 3 atom stereocenters. The van der Waals surface area contributed by atoms with Crippen molar-refractivity contribution in [2.45, 2.75) is 57.5 Å². The number of carbonyl (C=O) groups is 3. The Morgan fingerprint density at radius 2 is 1.43 bits per heavy atom. The van der Waals surface area contributed by atoms with Crippen LogP contribution in [0.15, 0.2) is 97.2 Å². The van der Waals surface area contributed by atoms with Crippen molar-refractivity contribution in [1.82, 2.24) is 15.1 Å². The van der Waals surface area contributed by atoms with Crippen LogP contribution in [0.4, 0.5) is 13.2 Å². The predicted octanol–water partition coefficient (Wildman–Crippen LogP) is 4.96. The van der Waals surface area contributed by atoms with Crippen LogP contribution in [0.5, 0.6) is 0 Å². The first kappa shape index (κ1) is 32.5. The van der Waals surface area contributed by atoms with Crippen molar-refractivity contribution < 1.29 is 32.7 Å². The molecule has 0 aliphatic carbocycles. The van der Waals surface area contributed by atoms with E-state index in [4.69, 9.17) is 0 Å². The Kier molecular flexibility index (Phi) is 10.6. The molecule has 3 aromatic carbocycles. The van der Waals surface area contributed by atoms with E-state index in [-0.39, 0.29) is 30.4 Å². The molecular formula is C34H36F3N3O4. The maximum atomic E-state index is 14.0. The van der Waals surface area contributed by atoms with Crippen LogP contribution in [0.1, 0.15) is 37.0 Å². The number of rotatable bonds is 11. The Labute approximate surface area is 255 Å². The van der Waals surface area contributed by atoms with E-state index in [1.54, 1.807) is 80.7 Å². The molecule has 0 spiro atoms. The summed E-state index contributed by atoms with van der Waals surface area (Å²) in [7, 11) is 0. The molecule has 2 N–H and O–H groups in total. The molecule has 0 aromatic heterocycles. The summed E-state index contributed by atoms with van der Waals surface area (Å²) in [5.74, 6) is -2.01. The Balaban J connectivity index is 1.62. The largest absolute Gasteiger partial charge is 0.416 e. The fourth-order valence-corrected chi connectivity index (χ4v) is 5.27. The number of amides is 3. The van der Waals surface area contributed by atoms with E-state index in [1.807, 2.05) is 30.3 Å². The van der Waals surface area contributed by atoms with Crippen molar-refractivity contribution in [3.05, 3.63) is 114 Å². The zero-order chi connectivity index (χ0) is 31.9. The molecule has 1 aliphatic rings. The highest BCUT2D eigenvalue weighted by molar-refractivity contribution is 5.99. The van der Waals surface area contributed by atoms with Gasteiger partial charge in [0.05, 0.1) is 11.7 Å². The minimum atomic E-state index is -4.98. The molecule has 3 unspecified atom stereocenters. The highest BCUT2D eigenvalue weighted by atomic mass is 19.4. The normalized spacial score (nSPS) is 16.8. The second-order valence-corrected chi connectivity index (χ2v) is 11.1. The van der Waals surface area contributed by atoms with E-state index < -0.39 is 42.7 Å². The summed E-state index contributed by atoms with van der Waals surface area (Å²) in [6, 6.07) is 23.8. The topological polar surface area (TPSA) is 89.9 Å². The van der Waals surface area contributed by atoms with E-state index in [0.717, 1.165) is 5.56 Å². The fourth-order valence-electron chi connectivity index (χ4n) is 5.27. The third kappa shape index (κ3) is 8.13. The maximum absolute atomic E-state index is 14.0. The molecule has 0 saturated heterocycles. The predicted molar refractivity (Wildman–Crippen MR) is 161 cm³/mol. The van der Waals surface area contributed by atoms with Gasteiger partial charge in [-0.2, -0.15) is 13.2 Å². The average molecular weight is 608 g/mol. The van der Waals surface area contributed by atoms with Crippen LogP contribution < -0.4 is 5.32 Å². The molecule has 1 heterocycles. The van der Waals surface area contributed by atoms with Gasteiger partial charge >= 0.3 is 6.18 Å². The van der Waals surface area contributed by atoms with Crippen molar-refractivity contribution in [2.24, 2.45) is 5.92 Å². The van der Waals surface area contributed by atoms with Gasteiger partial charge in [0.1, 0.15) is 12.6 Å². The number of aliphatic hydroxyl groups is 1. The lowest BCUT2D eigenvalue weighted by molar-refractivity contribution is -0.212. The first-order chi connectivity index (χ1) is 21.0. The molecule has 0 saturated carbocycles. The summed E-state index contributed by atoms with van der Waals surface area (Å²) in [5, 5.41) is 12.4. The number of aryl methyl sites for hydroxylation is 1. The summed E-state index contributed by atoms with van der Waals surface area (Å²) < 4.78 is 40.7. The van der Waals surface area contributed by atoms with Crippen LogP contribution in [0.3, 0.4) is 0 Å². The number of nitrogens with zero attached hydrogens (tertiary/aromatic N) is 2. The molecule has 232 valence electrons. The Morgan fingerprint density at radius 3 is 1.98 bits per heavy atom. The number of benzene rings is 3. The van der Waals surface area contributed by atoms with Crippen LogP contribution in [0.25, 0.3) is 5.70 Å². The van der Waals surface area contributed by atoms with Crippen LogP contribution in [-0.4, -0.2) is 63.5 Å². The number of nitrogens with one attached hydrogen (secondary N) is 1. The minimum absolute atomic E-state index is 0.149. The average Bonchev–Trinajstić information content (AvgIpc) is 3.00. The molecule has 0 bridgehead atoms. The summed E-state index contributed by atoms with van der Waals surface area (Å²) in [5.41, 5.74) is 2.28. The Hall–Kier alpha value is -4.44. The van der Waals surface area contributed by atoms with Crippen molar-refractivity contribution in [1.29, 1.82) is 0 Å². The van der Waals surface area contributed by atoms with Gasteiger partial charge in [0.15, 0.2) is 6.10 Å². The number of hydrogen-bond acceptors (Lipinski definition) is 4. The zero-order valence-electron chi connectivity index (χ0n) is 24.6. The second kappa shape index (κ2) is 14.4. The van der Waals surface area contributed by atoms with Gasteiger partial charge in [0, 0.05) is 12.6 Å². The molecule has 10 heteroatoms. The third-order valence-corrected chi connectivity index (χ3v) is 7.49. The highest BCUT2D eigenvalue weighted by Crippen LogP contribution is 2.31. The first-order valence-corrected chi connectivity index (χ1v) is 14.5. The van der Waals surface area contributed by atoms with E-state index in [1.165, 1.54) is 9.80 Å². The maximum Gasteiger partial charge on any atom is 0.416 e. The third-order valence-electron chi connectivity index (χ3n) is 7.49. The Bertz CT molecular complexity index is 1450. The number of hydrogen-bond donors (Lipinski definition) is 2. The molecule has 7 nitrogen and oxygen atoms in total. The lowest BCUT2D eigenvalue weighted by Gasteiger charge is -2.41. The van der Waals surface area contributed by atoms with Gasteiger partial charge < -0.3 is 15.3 Å². The monoisotopic (exact) mass is 607 g/mol. The molecule has 4 rings (SSSR count). The van der Waals surface area contributed by atoms with Crippen molar-refractivity contribution in [3.63, 3.8) is 0 Å². The number of aliphatic hydroxyl groups excluding tert-OH is 1. The van der Waals surface area contributed by atoms with Gasteiger partial charge in [0.25, 0.3) is 5.91 Å². The van der Waals surface area contributed by atoms with Gasteiger partial charge in [-0.1, -0.05) is 105 Å². The smallest absolute Gasteiger partial charge is 0.382 e. The molecular weight excluding hydrogens is 571 g/mol. The van der Waals surface area contributed by atoms with Crippen molar-refractivity contribution in [3.8, 4) is 0 Å². The minimum Gasteiger partial charge on any atom is -0.382 e. The molecule has 0 fully saturated rings. The quantitative estimate of drug-likeness (QED) is 0.323. The standard InChI is InChI=1S/C34H36F3N3O4/c1-23(2)31-33(44)39(22-29(41)38-27(32(43)34(35,36)37)20-25-14-8-4-9-15-25)28(26-16-10-5-11-17-26)21-40(31)30(42)19-18-24-12-6-3-7-13-24/h3-17,21,23,27,31-32,43H,18-20,22H2,1-2H3,(H,38,41). The lowest BCUT2D eigenvalue weighted by Crippen LogP contribution is -2.58. The van der Waals surface area contributed by atoms with Gasteiger partial charge in [-0.3, -0.25) is 19.3 Å². The lowest BCUT2D eigenvalue weighted by atomic mass is 9.96. The summed E-state index contributed by atoms with van der Waals surface area (Å²) >= 11 is 0. The molecule has 3 amide bonds. The van der Waals surface area contributed by atoms with Gasteiger partial charge in [0.2, 0.25) is 11.8 Å². The Morgan fingerprint density at radius 1 is 0.886 bits per heavy atom. The molecule has 3 aromatic rings. The SMILES string of the molecule is CC(C)C1C(=O)N(CC(=O)NC(Cc2ccccc2)C(O)C(F)(F)F)C(c2ccccc2)=CN1C(=O)CCc1ccccc1. The number of halogens is 3. The van der Waals surface area contributed by atoms with Crippen molar-refractivity contribution >= 4 is 23.4 Å².